The van der Waals surface area contributed by atoms with Crippen molar-refractivity contribution in [3.8, 4) is 11.5 Å². The highest BCUT2D eigenvalue weighted by molar-refractivity contribution is 14.1. The Bertz CT molecular complexity index is 834. The standard InChI is InChI=1S/C16H13IN2O3S2/c1-21-10-6-8(5-9(17)14(10)22-2)7-11-13(20)12(15(18)24-11)16-19-3-4-23-16/h3-7,12,18H,1-2H3/b11-7-,18-15?/t12-/m1/s1. The van der Waals surface area contributed by atoms with E-state index in [1.807, 2.05) is 17.5 Å². The summed E-state index contributed by atoms with van der Waals surface area (Å²) in [5.74, 6) is 0.627. The first-order valence-electron chi connectivity index (χ1n) is 6.88. The lowest BCUT2D eigenvalue weighted by Gasteiger charge is -2.10. The molecule has 1 saturated heterocycles. The monoisotopic (exact) mass is 472 g/mol. The third-order valence-electron chi connectivity index (χ3n) is 3.44. The highest BCUT2D eigenvalue weighted by atomic mass is 127. The number of nitrogens with zero attached hydrogens (tertiary/aromatic N) is 1. The molecule has 0 aliphatic carbocycles. The Balaban J connectivity index is 1.96. The lowest BCUT2D eigenvalue weighted by molar-refractivity contribution is -0.114. The van der Waals surface area contributed by atoms with Crippen LogP contribution in [0.2, 0.25) is 0 Å². The number of aromatic nitrogens is 1. The first-order valence-corrected chi connectivity index (χ1v) is 9.65. The van der Waals surface area contributed by atoms with Gasteiger partial charge in [0, 0.05) is 11.6 Å². The minimum absolute atomic E-state index is 0.0789. The number of allylic oxidation sites excluding steroid dienone is 1. The number of benzene rings is 1. The third kappa shape index (κ3) is 3.22. The molecule has 0 saturated carbocycles. The highest BCUT2D eigenvalue weighted by Crippen LogP contribution is 2.42. The summed E-state index contributed by atoms with van der Waals surface area (Å²) < 4.78 is 11.6. The van der Waals surface area contributed by atoms with E-state index in [0.29, 0.717) is 26.5 Å². The number of methoxy groups -OCH3 is 2. The molecule has 3 rings (SSSR count). The summed E-state index contributed by atoms with van der Waals surface area (Å²) in [7, 11) is 3.17. The van der Waals surface area contributed by atoms with Crippen molar-refractivity contribution in [2.45, 2.75) is 5.92 Å². The second-order valence-corrected chi connectivity index (χ2v) is 8.05. The van der Waals surface area contributed by atoms with Crippen LogP contribution in [0.3, 0.4) is 0 Å². The molecule has 1 atom stereocenters. The van der Waals surface area contributed by atoms with Gasteiger partial charge in [0.05, 0.1) is 27.7 Å². The Morgan fingerprint density at radius 3 is 2.75 bits per heavy atom. The van der Waals surface area contributed by atoms with Gasteiger partial charge in [-0.15, -0.1) is 11.3 Å². The lowest BCUT2D eigenvalue weighted by atomic mass is 10.0. The van der Waals surface area contributed by atoms with E-state index in [2.05, 4.69) is 27.6 Å². The van der Waals surface area contributed by atoms with Crippen molar-refractivity contribution in [3.63, 3.8) is 0 Å². The smallest absolute Gasteiger partial charge is 0.186 e. The quantitative estimate of drug-likeness (QED) is 0.534. The van der Waals surface area contributed by atoms with Gasteiger partial charge in [-0.2, -0.15) is 0 Å². The molecule has 1 aliphatic heterocycles. The Morgan fingerprint density at radius 2 is 2.12 bits per heavy atom. The maximum atomic E-state index is 12.7. The van der Waals surface area contributed by atoms with Gasteiger partial charge in [0.2, 0.25) is 0 Å². The number of thiazole rings is 1. The maximum Gasteiger partial charge on any atom is 0.186 e. The molecule has 0 bridgehead atoms. The largest absolute Gasteiger partial charge is 0.493 e. The van der Waals surface area contributed by atoms with Gasteiger partial charge < -0.3 is 9.47 Å². The first-order chi connectivity index (χ1) is 11.5. The molecule has 0 spiro atoms. The zero-order valence-electron chi connectivity index (χ0n) is 12.8. The van der Waals surface area contributed by atoms with E-state index in [1.165, 1.54) is 23.1 Å². The number of ether oxygens (including phenoxy) is 2. The molecule has 1 aromatic carbocycles. The number of carbonyl (C=O) groups is 1. The van der Waals surface area contributed by atoms with Gasteiger partial charge in [0.15, 0.2) is 17.3 Å². The van der Waals surface area contributed by atoms with Gasteiger partial charge in [-0.25, -0.2) is 4.98 Å². The van der Waals surface area contributed by atoms with Gasteiger partial charge in [0.1, 0.15) is 10.9 Å². The molecule has 5 nitrogen and oxygen atoms in total. The summed E-state index contributed by atoms with van der Waals surface area (Å²) in [5.41, 5.74) is 0.834. The highest BCUT2D eigenvalue weighted by Gasteiger charge is 2.38. The summed E-state index contributed by atoms with van der Waals surface area (Å²) in [6.45, 7) is 0. The van der Waals surface area contributed by atoms with Crippen molar-refractivity contribution < 1.29 is 14.3 Å². The van der Waals surface area contributed by atoms with Crippen molar-refractivity contribution >= 4 is 62.6 Å². The SMILES string of the molecule is COc1cc(/C=C2\SC(=N)[C@H](c3nccs3)C2=O)cc(I)c1OC. The zero-order chi connectivity index (χ0) is 17.3. The fourth-order valence-corrected chi connectivity index (χ4v) is 5.01. The zero-order valence-corrected chi connectivity index (χ0v) is 16.6. The van der Waals surface area contributed by atoms with Crippen LogP contribution in [-0.2, 0) is 4.79 Å². The van der Waals surface area contributed by atoms with Gasteiger partial charge >= 0.3 is 0 Å². The van der Waals surface area contributed by atoms with E-state index >= 15 is 0 Å². The van der Waals surface area contributed by atoms with Crippen molar-refractivity contribution in [1.82, 2.24) is 4.98 Å². The molecule has 0 radical (unpaired) electrons. The Morgan fingerprint density at radius 1 is 1.33 bits per heavy atom. The van der Waals surface area contributed by atoms with Gasteiger partial charge in [-0.05, 0) is 46.4 Å². The summed E-state index contributed by atoms with van der Waals surface area (Å²) in [6, 6.07) is 3.74. The molecule has 1 aliphatic rings. The van der Waals surface area contributed by atoms with Crippen LogP contribution >= 0.6 is 45.7 Å². The van der Waals surface area contributed by atoms with Gasteiger partial charge in [0.25, 0.3) is 0 Å². The van der Waals surface area contributed by atoms with Crippen LogP contribution < -0.4 is 9.47 Å². The Labute approximate surface area is 161 Å². The molecular formula is C16H13IN2O3S2. The van der Waals surface area contributed by atoms with Crippen LogP contribution in [0.15, 0.2) is 28.6 Å². The fraction of sp³-hybridized carbons (Fsp3) is 0.188. The number of Topliss-reactive ketones (excluding diaryl/α,β-unsaturated/α-hetero) is 1. The number of hydrogen-bond donors (Lipinski definition) is 1. The molecule has 24 heavy (non-hydrogen) atoms. The van der Waals surface area contributed by atoms with E-state index in [9.17, 15) is 4.79 Å². The number of ketones is 1. The molecule has 1 fully saturated rings. The van der Waals surface area contributed by atoms with Crippen molar-refractivity contribution in [1.29, 1.82) is 5.41 Å². The summed E-state index contributed by atoms with van der Waals surface area (Å²) in [5, 5.41) is 10.9. The van der Waals surface area contributed by atoms with E-state index in [1.54, 1.807) is 26.5 Å². The van der Waals surface area contributed by atoms with Gasteiger partial charge in [-0.3, -0.25) is 10.2 Å². The normalized spacial score (nSPS) is 19.1. The molecular weight excluding hydrogens is 459 g/mol. The van der Waals surface area contributed by atoms with Crippen LogP contribution in [0.25, 0.3) is 6.08 Å². The predicted octanol–water partition coefficient (Wildman–Crippen LogP) is 4.18. The summed E-state index contributed by atoms with van der Waals surface area (Å²) in [6.07, 6.45) is 3.45. The molecule has 0 unspecified atom stereocenters. The maximum absolute atomic E-state index is 12.7. The van der Waals surface area contributed by atoms with Crippen LogP contribution in [0.5, 0.6) is 11.5 Å². The molecule has 2 heterocycles. The average Bonchev–Trinajstić information content (AvgIpc) is 3.15. The lowest BCUT2D eigenvalue weighted by Crippen LogP contribution is -2.11. The summed E-state index contributed by atoms with van der Waals surface area (Å²) >= 11 is 4.76. The number of nitrogens with one attached hydrogen (secondary N) is 1. The Hall–Kier alpha value is -1.39. The van der Waals surface area contributed by atoms with Crippen LogP contribution in [0.4, 0.5) is 0 Å². The van der Waals surface area contributed by atoms with Crippen LogP contribution in [-0.4, -0.2) is 30.0 Å². The number of rotatable bonds is 4. The van der Waals surface area contributed by atoms with Crippen molar-refractivity contribution in [2.24, 2.45) is 0 Å². The van der Waals surface area contributed by atoms with E-state index in [0.717, 1.165) is 9.13 Å². The van der Waals surface area contributed by atoms with Crippen LogP contribution in [0.1, 0.15) is 16.5 Å². The van der Waals surface area contributed by atoms with E-state index in [-0.39, 0.29) is 5.78 Å². The van der Waals surface area contributed by atoms with E-state index in [4.69, 9.17) is 14.9 Å². The van der Waals surface area contributed by atoms with Gasteiger partial charge in [-0.1, -0.05) is 11.8 Å². The number of hydrogen-bond acceptors (Lipinski definition) is 7. The Kier molecular flexibility index (Phi) is 5.26. The third-order valence-corrected chi connectivity index (χ3v) is 6.08. The van der Waals surface area contributed by atoms with E-state index < -0.39 is 5.92 Å². The topological polar surface area (TPSA) is 72.3 Å². The minimum atomic E-state index is -0.569. The number of halogens is 1. The average molecular weight is 472 g/mol. The second kappa shape index (κ2) is 7.24. The second-order valence-electron chi connectivity index (χ2n) is 4.88. The number of carbonyl (C=O) groups excluding carboxylic acids is 1. The predicted molar refractivity (Wildman–Crippen MR) is 105 cm³/mol. The summed E-state index contributed by atoms with van der Waals surface area (Å²) in [4.78, 5) is 17.4. The van der Waals surface area contributed by atoms with Crippen molar-refractivity contribution in [2.75, 3.05) is 14.2 Å². The van der Waals surface area contributed by atoms with Crippen molar-refractivity contribution in [3.05, 3.63) is 42.8 Å². The molecule has 1 N–H and O–H groups in total. The fourth-order valence-electron chi connectivity index (χ4n) is 2.36. The molecule has 1 aromatic heterocycles. The molecule has 124 valence electrons. The minimum Gasteiger partial charge on any atom is -0.493 e. The molecule has 0 amide bonds. The first kappa shape index (κ1) is 17.4. The van der Waals surface area contributed by atoms with Crippen LogP contribution in [0, 0.1) is 8.98 Å². The molecule has 8 heteroatoms. The number of thioether (sulfide) groups is 1. The molecule has 2 aromatic rings.